The molecule has 0 saturated heterocycles. The normalized spacial score (nSPS) is 10.4. The second-order valence-electron chi connectivity index (χ2n) is 22.4. The van der Waals surface area contributed by atoms with Gasteiger partial charge >= 0.3 is 0 Å². The highest BCUT2D eigenvalue weighted by Gasteiger charge is 2.02. The fourth-order valence-corrected chi connectivity index (χ4v) is 8.78. The van der Waals surface area contributed by atoms with E-state index < -0.39 is 0 Å². The second kappa shape index (κ2) is 38.6. The quantitative estimate of drug-likeness (QED) is 0.0631. The highest BCUT2D eigenvalue weighted by atomic mass is 16.5. The van der Waals surface area contributed by atoms with Crippen molar-refractivity contribution in [1.82, 2.24) is 0 Å². The van der Waals surface area contributed by atoms with Gasteiger partial charge in [0.15, 0.2) is 0 Å². The van der Waals surface area contributed by atoms with E-state index in [1.165, 1.54) is 100 Å². The van der Waals surface area contributed by atoms with Crippen molar-refractivity contribution >= 4 is 0 Å². The van der Waals surface area contributed by atoms with Gasteiger partial charge in [-0.1, -0.05) is 268 Å². The number of benzene rings is 10. The first-order valence-corrected chi connectivity index (χ1v) is 30.3. The fourth-order valence-electron chi connectivity index (χ4n) is 8.78. The summed E-state index contributed by atoms with van der Waals surface area (Å²) in [5.41, 5.74) is 22.7. The molecule has 10 aromatic carbocycles. The molecule has 0 radical (unpaired) electrons. The lowest BCUT2D eigenvalue weighted by Crippen LogP contribution is -2.06. The minimum atomic E-state index is 0.578. The number of hydrogen-bond acceptors (Lipinski definition) is 6. The van der Waals surface area contributed by atoms with E-state index in [0.29, 0.717) is 59.5 Å². The predicted octanol–water partition coefficient (Wildman–Crippen LogP) is 19.9. The monoisotopic (exact) mass is 1160 g/mol. The fraction of sp³-hybridized carbons (Fsp3) is 0.259. The minimum Gasteiger partial charge on any atom is -0.491 e. The summed E-state index contributed by atoms with van der Waals surface area (Å²) in [7, 11) is 0. The van der Waals surface area contributed by atoms with E-state index in [0.717, 1.165) is 24.5 Å². The summed E-state index contributed by atoms with van der Waals surface area (Å²) in [4.78, 5) is 0. The van der Waals surface area contributed by atoms with Gasteiger partial charge in [-0.05, 0) is 150 Å². The van der Waals surface area contributed by atoms with E-state index in [9.17, 15) is 0 Å². The van der Waals surface area contributed by atoms with E-state index in [2.05, 4.69) is 275 Å². The average Bonchev–Trinajstić information content (AvgIpc) is 3.57. The Kier molecular flexibility index (Phi) is 30.1. The Hall–Kier alpha value is -8.36. The topological polar surface area (TPSA) is 55.4 Å². The first-order chi connectivity index (χ1) is 42.2. The van der Waals surface area contributed by atoms with Crippen molar-refractivity contribution in [2.75, 3.05) is 19.8 Å². The summed E-state index contributed by atoms with van der Waals surface area (Å²) in [6.45, 7) is 27.6. The standard InChI is InChI=1S/C17H20O2.C17H20O.2C16H18O.C15H16O/c1-14-3-7-16(8-4-14)13-18-11-12-19-17-9-5-15(2)6-10-17;1-14-7-9-16(10-8-14)11-12-18-13-17-6-4-3-5-15(17)2;1-13-5-3-7-15(9-13)11-17-12-16-8-4-6-14(2)10-16;1-13-6-8-15(9-7-13)11-17-12-16-5-3-4-14(2)10-16;1-12-3-7-14(8-4-12)11-16-15-9-5-13(2)6-10-15/h3-10H,11-13H2,1-2H3;3-10H,11-13H2,1-2H3;2*3-10H,11-12H2,1-2H3;3-10H,11H2,1-2H3. The van der Waals surface area contributed by atoms with Crippen molar-refractivity contribution in [3.05, 3.63) is 343 Å². The van der Waals surface area contributed by atoms with Crippen LogP contribution in [0, 0.1) is 69.2 Å². The number of rotatable bonds is 22. The van der Waals surface area contributed by atoms with Crippen LogP contribution in [0.25, 0.3) is 0 Å². The zero-order valence-corrected chi connectivity index (χ0v) is 53.3. The Bertz CT molecular complexity index is 3320. The molecule has 0 bridgehead atoms. The van der Waals surface area contributed by atoms with Crippen LogP contribution in [0.15, 0.2) is 243 Å². The van der Waals surface area contributed by atoms with E-state index >= 15 is 0 Å². The van der Waals surface area contributed by atoms with Gasteiger partial charge in [-0.2, -0.15) is 0 Å². The molecule has 0 atom stereocenters. The van der Waals surface area contributed by atoms with Gasteiger partial charge in [-0.25, -0.2) is 0 Å². The predicted molar refractivity (Wildman–Crippen MR) is 362 cm³/mol. The Labute approximate surface area is 521 Å². The molecule has 0 aliphatic rings. The zero-order valence-electron chi connectivity index (χ0n) is 53.3. The maximum absolute atomic E-state index is 5.73. The Balaban J connectivity index is 0.000000174. The molecule has 87 heavy (non-hydrogen) atoms. The molecule has 0 aliphatic heterocycles. The summed E-state index contributed by atoms with van der Waals surface area (Å²) in [5.74, 6) is 1.82. The first kappa shape index (κ1) is 67.8. The highest BCUT2D eigenvalue weighted by Crippen LogP contribution is 2.17. The van der Waals surface area contributed by atoms with Crippen LogP contribution in [0.1, 0.15) is 100 Å². The van der Waals surface area contributed by atoms with Crippen molar-refractivity contribution in [3.63, 3.8) is 0 Å². The third kappa shape index (κ3) is 28.6. The minimum absolute atomic E-state index is 0.578. The lowest BCUT2D eigenvalue weighted by Gasteiger charge is -2.07. The van der Waals surface area contributed by atoms with Gasteiger partial charge in [0.2, 0.25) is 0 Å². The first-order valence-electron chi connectivity index (χ1n) is 30.3. The van der Waals surface area contributed by atoms with Gasteiger partial charge in [-0.15, -0.1) is 0 Å². The van der Waals surface area contributed by atoms with Crippen LogP contribution < -0.4 is 9.47 Å². The van der Waals surface area contributed by atoms with Gasteiger partial charge < -0.3 is 28.4 Å². The summed E-state index contributed by atoms with van der Waals surface area (Å²) in [6.07, 6.45) is 0.978. The SMILES string of the molecule is Cc1ccc(CCOCc2ccccc2C)cc1.Cc1ccc(COCCOc2ccc(C)cc2)cc1.Cc1ccc(COCc2cccc(C)c2)cc1.Cc1ccc(COc2ccc(C)cc2)cc1.Cc1cccc(COCc2cccc(C)c2)c1. The Morgan fingerprint density at radius 3 is 0.954 bits per heavy atom. The van der Waals surface area contributed by atoms with Crippen molar-refractivity contribution in [3.8, 4) is 11.5 Å². The lowest BCUT2D eigenvalue weighted by atomic mass is 10.1. The Morgan fingerprint density at radius 2 is 0.552 bits per heavy atom. The van der Waals surface area contributed by atoms with Crippen LogP contribution in [0.4, 0.5) is 0 Å². The molecule has 0 amide bonds. The maximum Gasteiger partial charge on any atom is 0.119 e. The number of aryl methyl sites for hydroxylation is 10. The van der Waals surface area contributed by atoms with Gasteiger partial charge in [0.25, 0.3) is 0 Å². The number of ether oxygens (including phenoxy) is 6. The van der Waals surface area contributed by atoms with Crippen molar-refractivity contribution < 1.29 is 28.4 Å². The second-order valence-corrected chi connectivity index (χ2v) is 22.4. The lowest BCUT2D eigenvalue weighted by molar-refractivity contribution is 0.0889. The maximum atomic E-state index is 5.73. The molecular formula is C81H92O6. The van der Waals surface area contributed by atoms with Gasteiger partial charge in [0.05, 0.1) is 52.9 Å². The van der Waals surface area contributed by atoms with E-state index in [-0.39, 0.29) is 0 Å². The van der Waals surface area contributed by atoms with Crippen LogP contribution >= 0.6 is 0 Å². The molecular weight excluding hydrogens is 1070 g/mol. The van der Waals surface area contributed by atoms with E-state index in [1.54, 1.807) is 0 Å². The van der Waals surface area contributed by atoms with E-state index in [1.807, 2.05) is 36.4 Å². The molecule has 6 nitrogen and oxygen atoms in total. The van der Waals surface area contributed by atoms with E-state index in [4.69, 9.17) is 28.4 Å². The largest absolute Gasteiger partial charge is 0.491 e. The molecule has 452 valence electrons. The summed E-state index contributed by atoms with van der Waals surface area (Å²) in [6, 6.07) is 83.8. The molecule has 0 aromatic heterocycles. The van der Waals surface area contributed by atoms with Crippen molar-refractivity contribution in [1.29, 1.82) is 0 Å². The smallest absolute Gasteiger partial charge is 0.119 e. The molecule has 0 N–H and O–H groups in total. The molecule has 0 spiro atoms. The van der Waals surface area contributed by atoms with Gasteiger partial charge in [0.1, 0.15) is 24.7 Å². The van der Waals surface area contributed by atoms with Crippen LogP contribution in [0.2, 0.25) is 0 Å². The summed E-state index contributed by atoms with van der Waals surface area (Å²) in [5, 5.41) is 0. The van der Waals surface area contributed by atoms with Crippen LogP contribution in [-0.2, 0) is 71.6 Å². The molecule has 0 aliphatic carbocycles. The zero-order chi connectivity index (χ0) is 61.9. The summed E-state index contributed by atoms with van der Waals surface area (Å²) < 4.78 is 34.0. The molecule has 0 fully saturated rings. The van der Waals surface area contributed by atoms with Crippen molar-refractivity contribution in [2.45, 2.75) is 122 Å². The highest BCUT2D eigenvalue weighted by molar-refractivity contribution is 5.30. The molecule has 0 heterocycles. The third-order valence-corrected chi connectivity index (χ3v) is 14.1. The third-order valence-electron chi connectivity index (χ3n) is 14.1. The van der Waals surface area contributed by atoms with Gasteiger partial charge in [0, 0.05) is 0 Å². The summed E-state index contributed by atoms with van der Waals surface area (Å²) >= 11 is 0. The van der Waals surface area contributed by atoms with Crippen LogP contribution in [0.3, 0.4) is 0 Å². The molecule has 10 aromatic rings. The van der Waals surface area contributed by atoms with Crippen LogP contribution in [-0.4, -0.2) is 19.8 Å². The molecule has 6 heteroatoms. The number of hydrogen-bond donors (Lipinski definition) is 0. The van der Waals surface area contributed by atoms with Gasteiger partial charge in [-0.3, -0.25) is 0 Å². The van der Waals surface area contributed by atoms with Crippen LogP contribution in [0.5, 0.6) is 11.5 Å². The molecule has 0 unspecified atom stereocenters. The molecule has 10 rings (SSSR count). The van der Waals surface area contributed by atoms with Crippen molar-refractivity contribution in [2.24, 2.45) is 0 Å². The average molecular weight is 1160 g/mol. The Morgan fingerprint density at radius 1 is 0.218 bits per heavy atom. The molecule has 0 saturated carbocycles.